The van der Waals surface area contributed by atoms with Crippen LogP contribution in [0.15, 0.2) is 36.5 Å². The first-order valence-electron chi connectivity index (χ1n) is 10.0. The number of nitrogens with two attached hydrogens (primary N) is 2. The van der Waals surface area contributed by atoms with Crippen molar-refractivity contribution in [3.05, 3.63) is 63.6 Å². The molecule has 5 rings (SSSR count). The van der Waals surface area contributed by atoms with Crippen LogP contribution in [0, 0.1) is 5.82 Å². The standard InChI is InChI=1S/C22H19ClFN5O2S/c23-12-2-3-13(25)19(20(12)24)10-7-11-1-4-15(29(11)18(30)8-10)22-27-9-14(28-22)16-5-6-17(32-16)21(26)31/h2-3,5-6,8-9,11,15H,1,4,7,25H2,(H2,26,31)(H,27,28)/t11-,15+/m1/s1. The number of hydrogen-bond acceptors (Lipinski definition) is 5. The van der Waals surface area contributed by atoms with Crippen LogP contribution in [0.25, 0.3) is 16.1 Å². The van der Waals surface area contributed by atoms with E-state index < -0.39 is 11.7 Å². The van der Waals surface area contributed by atoms with Gasteiger partial charge >= 0.3 is 0 Å². The van der Waals surface area contributed by atoms with Gasteiger partial charge in [-0.15, -0.1) is 11.3 Å². The van der Waals surface area contributed by atoms with Gasteiger partial charge in [-0.25, -0.2) is 9.37 Å². The molecule has 164 valence electrons. The first-order chi connectivity index (χ1) is 15.3. The fraction of sp³-hybridized carbons (Fsp3) is 0.227. The van der Waals surface area contributed by atoms with Gasteiger partial charge in [-0.2, -0.15) is 0 Å². The number of fused-ring (bicyclic) bond motifs is 1. The summed E-state index contributed by atoms with van der Waals surface area (Å²) >= 11 is 7.22. The van der Waals surface area contributed by atoms with E-state index in [-0.39, 0.29) is 34.3 Å². The van der Waals surface area contributed by atoms with Gasteiger partial charge in [0.25, 0.3) is 5.91 Å². The number of nitrogens with one attached hydrogen (secondary N) is 1. The molecule has 1 saturated heterocycles. The highest BCUT2D eigenvalue weighted by atomic mass is 35.5. The molecule has 3 aromatic rings. The molecule has 5 N–H and O–H groups in total. The lowest BCUT2D eigenvalue weighted by Crippen LogP contribution is -2.39. The summed E-state index contributed by atoms with van der Waals surface area (Å²) in [7, 11) is 0. The van der Waals surface area contributed by atoms with Crippen LogP contribution in [-0.2, 0) is 4.79 Å². The molecule has 0 bridgehead atoms. The van der Waals surface area contributed by atoms with Gasteiger partial charge in [0.1, 0.15) is 5.82 Å². The first kappa shape index (κ1) is 20.7. The number of anilines is 1. The molecule has 7 nitrogen and oxygen atoms in total. The van der Waals surface area contributed by atoms with Crippen LogP contribution in [0.5, 0.6) is 0 Å². The van der Waals surface area contributed by atoms with Crippen molar-refractivity contribution >= 4 is 46.0 Å². The molecule has 0 aliphatic carbocycles. The summed E-state index contributed by atoms with van der Waals surface area (Å²) in [5.41, 5.74) is 13.1. The predicted octanol–water partition coefficient (Wildman–Crippen LogP) is 4.13. The Hall–Kier alpha value is -3.17. The summed E-state index contributed by atoms with van der Waals surface area (Å²) in [5, 5.41) is -0.0227. The highest BCUT2D eigenvalue weighted by Gasteiger charge is 2.42. The van der Waals surface area contributed by atoms with Crippen LogP contribution in [-0.4, -0.2) is 32.7 Å². The number of aromatic amines is 1. The smallest absolute Gasteiger partial charge is 0.258 e. The van der Waals surface area contributed by atoms with E-state index in [2.05, 4.69) is 9.97 Å². The number of halogens is 2. The maximum absolute atomic E-state index is 14.7. The van der Waals surface area contributed by atoms with Crippen molar-refractivity contribution in [1.29, 1.82) is 0 Å². The summed E-state index contributed by atoms with van der Waals surface area (Å²) in [5.74, 6) is -0.605. The largest absolute Gasteiger partial charge is 0.398 e. The molecule has 1 fully saturated rings. The third-order valence-electron chi connectivity index (χ3n) is 5.98. The average molecular weight is 472 g/mol. The van der Waals surface area contributed by atoms with Crippen LogP contribution < -0.4 is 11.5 Å². The molecule has 2 atom stereocenters. The molecule has 10 heteroatoms. The number of rotatable bonds is 4. The van der Waals surface area contributed by atoms with Gasteiger partial charge in [0, 0.05) is 23.4 Å². The minimum atomic E-state index is -0.601. The van der Waals surface area contributed by atoms with Crippen molar-refractivity contribution in [2.75, 3.05) is 5.73 Å². The summed E-state index contributed by atoms with van der Waals surface area (Å²) in [6.45, 7) is 0. The molecule has 2 aromatic heterocycles. The number of H-pyrrole nitrogens is 1. The second-order valence-corrected chi connectivity index (χ2v) is 9.39. The second kappa shape index (κ2) is 7.75. The normalized spacial score (nSPS) is 20.4. The average Bonchev–Trinajstić information content (AvgIpc) is 3.49. The predicted molar refractivity (Wildman–Crippen MR) is 121 cm³/mol. The number of hydrogen-bond donors (Lipinski definition) is 3. The Morgan fingerprint density at radius 3 is 2.84 bits per heavy atom. The van der Waals surface area contributed by atoms with E-state index in [1.165, 1.54) is 23.5 Å². The molecule has 32 heavy (non-hydrogen) atoms. The monoisotopic (exact) mass is 471 g/mol. The van der Waals surface area contributed by atoms with Crippen LogP contribution in [0.2, 0.25) is 5.02 Å². The van der Waals surface area contributed by atoms with Crippen LogP contribution in [0.3, 0.4) is 0 Å². The third kappa shape index (κ3) is 3.37. The molecular weight excluding hydrogens is 453 g/mol. The molecule has 0 spiro atoms. The maximum Gasteiger partial charge on any atom is 0.258 e. The van der Waals surface area contributed by atoms with Crippen LogP contribution in [0.1, 0.15) is 46.4 Å². The number of benzene rings is 1. The Bertz CT molecular complexity index is 1280. The first-order valence-corrected chi connectivity index (χ1v) is 11.2. The van der Waals surface area contributed by atoms with Crippen molar-refractivity contribution in [2.45, 2.75) is 31.3 Å². The number of amides is 2. The van der Waals surface area contributed by atoms with Crippen LogP contribution >= 0.6 is 22.9 Å². The number of nitrogens with zero attached hydrogens (tertiary/aromatic N) is 2. The molecule has 0 radical (unpaired) electrons. The van der Waals surface area contributed by atoms with Gasteiger partial charge in [0.2, 0.25) is 5.91 Å². The summed E-state index contributed by atoms with van der Waals surface area (Å²) in [4.78, 5) is 35.3. The molecule has 2 aliphatic rings. The lowest BCUT2D eigenvalue weighted by Gasteiger charge is -2.33. The Morgan fingerprint density at radius 1 is 1.28 bits per heavy atom. The molecular formula is C22H19ClFN5O2S. The molecule has 2 amide bonds. The van der Waals surface area contributed by atoms with E-state index >= 15 is 0 Å². The number of imidazole rings is 1. The molecule has 1 aromatic carbocycles. The Labute approximate surface area is 191 Å². The molecule has 0 saturated carbocycles. The lowest BCUT2D eigenvalue weighted by molar-refractivity contribution is -0.129. The number of carbonyl (C=O) groups is 2. The van der Waals surface area contributed by atoms with Crippen molar-refractivity contribution in [3.8, 4) is 10.6 Å². The number of primary amides is 1. The highest BCUT2D eigenvalue weighted by molar-refractivity contribution is 7.17. The minimum absolute atomic E-state index is 0.0227. The summed E-state index contributed by atoms with van der Waals surface area (Å²) in [6.07, 6.45) is 5.12. The van der Waals surface area contributed by atoms with Crippen molar-refractivity contribution in [1.82, 2.24) is 14.9 Å². The van der Waals surface area contributed by atoms with E-state index in [1.54, 1.807) is 23.2 Å². The zero-order valence-corrected chi connectivity index (χ0v) is 18.3. The summed E-state index contributed by atoms with van der Waals surface area (Å²) in [6, 6.07) is 6.15. The Morgan fingerprint density at radius 2 is 2.09 bits per heavy atom. The van der Waals surface area contributed by atoms with Gasteiger partial charge in [-0.05, 0) is 49.1 Å². The number of carbonyl (C=O) groups excluding carboxylic acids is 2. The van der Waals surface area contributed by atoms with Crippen molar-refractivity contribution < 1.29 is 14.0 Å². The van der Waals surface area contributed by atoms with Gasteiger partial charge in [0.05, 0.1) is 32.7 Å². The van der Waals surface area contributed by atoms with E-state index in [4.69, 9.17) is 23.1 Å². The van der Waals surface area contributed by atoms with Gasteiger partial charge in [-0.1, -0.05) is 11.6 Å². The quantitative estimate of drug-likeness (QED) is 0.495. The molecule has 2 aliphatic heterocycles. The fourth-order valence-corrected chi connectivity index (χ4v) is 5.51. The van der Waals surface area contributed by atoms with E-state index in [0.29, 0.717) is 22.7 Å². The van der Waals surface area contributed by atoms with E-state index in [9.17, 15) is 14.0 Å². The number of aromatic nitrogens is 2. The maximum atomic E-state index is 14.7. The lowest BCUT2D eigenvalue weighted by atomic mass is 9.92. The Kier molecular flexibility index (Phi) is 5.02. The van der Waals surface area contributed by atoms with E-state index in [0.717, 1.165) is 23.4 Å². The van der Waals surface area contributed by atoms with Gasteiger partial charge < -0.3 is 21.4 Å². The number of thiophene rings is 1. The third-order valence-corrected chi connectivity index (χ3v) is 7.41. The van der Waals surface area contributed by atoms with Gasteiger partial charge in [0.15, 0.2) is 5.82 Å². The zero-order chi connectivity index (χ0) is 22.6. The molecule has 4 heterocycles. The van der Waals surface area contributed by atoms with Crippen LogP contribution in [0.4, 0.5) is 10.1 Å². The van der Waals surface area contributed by atoms with Gasteiger partial charge in [-0.3, -0.25) is 9.59 Å². The molecule has 0 unspecified atom stereocenters. The zero-order valence-electron chi connectivity index (χ0n) is 16.8. The van der Waals surface area contributed by atoms with Crippen molar-refractivity contribution in [3.63, 3.8) is 0 Å². The van der Waals surface area contributed by atoms with Crippen molar-refractivity contribution in [2.24, 2.45) is 5.73 Å². The fourth-order valence-electron chi connectivity index (χ4n) is 4.53. The highest BCUT2D eigenvalue weighted by Crippen LogP contribution is 2.44. The SMILES string of the molecule is NC(=O)c1ccc(-c2cnc([C@@H]3CC[C@@H]4CC(c5c(N)ccc(Cl)c5F)=CC(=O)N43)[nH]2)s1. The Balaban J connectivity index is 1.42. The second-order valence-electron chi connectivity index (χ2n) is 7.90. The topological polar surface area (TPSA) is 118 Å². The van der Waals surface area contributed by atoms with E-state index in [1.807, 2.05) is 6.07 Å². The summed E-state index contributed by atoms with van der Waals surface area (Å²) < 4.78 is 14.7. The minimum Gasteiger partial charge on any atom is -0.398 e. The number of nitrogen functional groups attached to an aromatic ring is 1.